The molecule has 126 valence electrons. The molecule has 2 saturated carbocycles. The smallest absolute Gasteiger partial charge is 0.222 e. The highest BCUT2D eigenvalue weighted by Crippen LogP contribution is 2.56. The zero-order valence-electron chi connectivity index (χ0n) is 13.8. The maximum Gasteiger partial charge on any atom is 0.222 e. The highest BCUT2D eigenvalue weighted by atomic mass is 19.1. The summed E-state index contributed by atoms with van der Waals surface area (Å²) >= 11 is 0. The van der Waals surface area contributed by atoms with Gasteiger partial charge in [0.25, 0.3) is 0 Å². The van der Waals surface area contributed by atoms with E-state index >= 15 is 0 Å². The SMILES string of the molecule is COC(c1ccc(-c2cnc(NC3CC3)nc2)cc1)C1(CF)CC1. The van der Waals surface area contributed by atoms with Gasteiger partial charge in [0, 0.05) is 36.5 Å². The molecule has 2 aliphatic carbocycles. The van der Waals surface area contributed by atoms with Crippen LogP contribution in [0.1, 0.15) is 37.4 Å². The molecule has 4 nitrogen and oxygen atoms in total. The lowest BCUT2D eigenvalue weighted by atomic mass is 9.92. The van der Waals surface area contributed by atoms with Gasteiger partial charge in [-0.25, -0.2) is 9.97 Å². The second-order valence-electron chi connectivity index (χ2n) is 6.95. The molecule has 4 rings (SSSR count). The molecule has 2 aromatic rings. The van der Waals surface area contributed by atoms with Gasteiger partial charge in [-0.05, 0) is 36.8 Å². The van der Waals surface area contributed by atoms with Crippen LogP contribution in [-0.2, 0) is 4.74 Å². The van der Waals surface area contributed by atoms with Gasteiger partial charge in [-0.1, -0.05) is 24.3 Å². The van der Waals surface area contributed by atoms with Crippen molar-refractivity contribution in [3.63, 3.8) is 0 Å². The Bertz CT molecular complexity index is 694. The van der Waals surface area contributed by atoms with Crippen LogP contribution in [0.3, 0.4) is 0 Å². The third kappa shape index (κ3) is 3.00. The average molecular weight is 327 g/mol. The van der Waals surface area contributed by atoms with Crippen molar-refractivity contribution in [1.29, 1.82) is 0 Å². The third-order valence-electron chi connectivity index (χ3n) is 5.06. The van der Waals surface area contributed by atoms with Crippen molar-refractivity contribution in [1.82, 2.24) is 9.97 Å². The third-order valence-corrected chi connectivity index (χ3v) is 5.06. The van der Waals surface area contributed by atoms with Gasteiger partial charge in [-0.15, -0.1) is 0 Å². The maximum atomic E-state index is 13.3. The number of nitrogens with zero attached hydrogens (tertiary/aromatic N) is 2. The van der Waals surface area contributed by atoms with E-state index < -0.39 is 0 Å². The molecule has 1 heterocycles. The topological polar surface area (TPSA) is 47.0 Å². The summed E-state index contributed by atoms with van der Waals surface area (Å²) in [4.78, 5) is 8.75. The van der Waals surface area contributed by atoms with Crippen LogP contribution >= 0.6 is 0 Å². The summed E-state index contributed by atoms with van der Waals surface area (Å²) in [5.41, 5.74) is 2.75. The molecule has 2 fully saturated rings. The van der Waals surface area contributed by atoms with Gasteiger partial charge in [0.2, 0.25) is 5.95 Å². The lowest BCUT2D eigenvalue weighted by Gasteiger charge is -2.23. The van der Waals surface area contributed by atoms with E-state index in [2.05, 4.69) is 15.3 Å². The van der Waals surface area contributed by atoms with E-state index in [1.807, 2.05) is 36.7 Å². The Morgan fingerprint density at radius 2 is 1.83 bits per heavy atom. The normalized spacial score (nSPS) is 19.8. The first-order chi connectivity index (χ1) is 11.7. The molecule has 2 aliphatic rings. The number of hydrogen-bond donors (Lipinski definition) is 1. The second-order valence-corrected chi connectivity index (χ2v) is 6.95. The maximum absolute atomic E-state index is 13.3. The predicted octanol–water partition coefficient (Wildman–Crippen LogP) is 4.16. The molecule has 0 spiro atoms. The van der Waals surface area contributed by atoms with Crippen molar-refractivity contribution < 1.29 is 9.13 Å². The van der Waals surface area contributed by atoms with Gasteiger partial charge in [0.05, 0.1) is 12.8 Å². The molecule has 0 saturated heterocycles. The van der Waals surface area contributed by atoms with Gasteiger partial charge in [0.1, 0.15) is 0 Å². The largest absolute Gasteiger partial charge is 0.376 e. The van der Waals surface area contributed by atoms with Crippen LogP contribution in [0, 0.1) is 5.41 Å². The first-order valence-corrected chi connectivity index (χ1v) is 8.52. The quantitative estimate of drug-likeness (QED) is 0.830. The summed E-state index contributed by atoms with van der Waals surface area (Å²) in [7, 11) is 1.66. The Labute approximate surface area is 141 Å². The molecule has 0 radical (unpaired) electrons. The van der Waals surface area contributed by atoms with Crippen molar-refractivity contribution in [3.05, 3.63) is 42.2 Å². The highest BCUT2D eigenvalue weighted by Gasteiger charge is 2.50. The lowest BCUT2D eigenvalue weighted by molar-refractivity contribution is 0.0271. The van der Waals surface area contributed by atoms with Crippen LogP contribution in [0.4, 0.5) is 10.3 Å². The van der Waals surface area contributed by atoms with Crippen LogP contribution in [0.5, 0.6) is 0 Å². The molecule has 0 aliphatic heterocycles. The summed E-state index contributed by atoms with van der Waals surface area (Å²) in [5, 5.41) is 3.28. The van der Waals surface area contributed by atoms with Gasteiger partial charge < -0.3 is 10.1 Å². The zero-order valence-corrected chi connectivity index (χ0v) is 13.8. The molecule has 1 N–H and O–H groups in total. The Balaban J connectivity index is 1.50. The number of alkyl halides is 1. The predicted molar refractivity (Wildman–Crippen MR) is 91.5 cm³/mol. The number of rotatable bonds is 7. The number of halogens is 1. The highest BCUT2D eigenvalue weighted by molar-refractivity contribution is 5.62. The van der Waals surface area contributed by atoms with E-state index in [-0.39, 0.29) is 18.2 Å². The minimum absolute atomic E-state index is 0.169. The monoisotopic (exact) mass is 327 g/mol. The van der Waals surface area contributed by atoms with E-state index in [1.54, 1.807) is 7.11 Å². The minimum Gasteiger partial charge on any atom is -0.376 e. The van der Waals surface area contributed by atoms with Gasteiger partial charge in [0.15, 0.2) is 0 Å². The number of anilines is 1. The van der Waals surface area contributed by atoms with Crippen molar-refractivity contribution in [2.75, 3.05) is 19.1 Å². The van der Waals surface area contributed by atoms with E-state index in [0.717, 1.165) is 29.5 Å². The number of hydrogen-bond acceptors (Lipinski definition) is 4. The van der Waals surface area contributed by atoms with Crippen molar-refractivity contribution in [3.8, 4) is 11.1 Å². The number of aromatic nitrogens is 2. The Morgan fingerprint density at radius 1 is 1.17 bits per heavy atom. The van der Waals surface area contributed by atoms with Gasteiger partial charge in [-0.3, -0.25) is 4.39 Å². The molecule has 1 atom stereocenters. The first-order valence-electron chi connectivity index (χ1n) is 8.52. The van der Waals surface area contributed by atoms with Crippen LogP contribution in [0.25, 0.3) is 11.1 Å². The van der Waals surface area contributed by atoms with Crippen LogP contribution in [-0.4, -0.2) is 29.8 Å². The summed E-state index contributed by atoms with van der Waals surface area (Å²) in [6.07, 6.45) is 7.70. The standard InChI is InChI=1S/C19H22FN3O/c1-24-17(19(12-20)8-9-19)14-4-2-13(3-5-14)15-10-21-18(22-11-15)23-16-6-7-16/h2-5,10-11,16-17H,6-9,12H2,1H3,(H,21,22,23). The van der Waals surface area contributed by atoms with E-state index in [9.17, 15) is 4.39 Å². The average Bonchev–Trinajstić information content (AvgIpc) is 3.54. The molecule has 0 bridgehead atoms. The Morgan fingerprint density at radius 3 is 2.33 bits per heavy atom. The first kappa shape index (κ1) is 15.5. The molecule has 0 amide bonds. The Kier molecular flexibility index (Phi) is 3.96. The van der Waals surface area contributed by atoms with E-state index in [4.69, 9.17) is 4.74 Å². The second kappa shape index (κ2) is 6.13. The fourth-order valence-electron chi connectivity index (χ4n) is 3.18. The van der Waals surface area contributed by atoms with Gasteiger partial charge >= 0.3 is 0 Å². The number of ether oxygens (including phenoxy) is 1. The molecule has 1 aromatic heterocycles. The molecule has 1 aromatic carbocycles. The number of benzene rings is 1. The zero-order chi connectivity index (χ0) is 16.6. The van der Waals surface area contributed by atoms with Gasteiger partial charge in [-0.2, -0.15) is 0 Å². The van der Waals surface area contributed by atoms with Crippen molar-refractivity contribution >= 4 is 5.95 Å². The van der Waals surface area contributed by atoms with E-state index in [1.165, 1.54) is 12.8 Å². The van der Waals surface area contributed by atoms with E-state index in [0.29, 0.717) is 12.0 Å². The summed E-state index contributed by atoms with van der Waals surface area (Å²) in [6.45, 7) is -0.323. The summed E-state index contributed by atoms with van der Waals surface area (Å²) < 4.78 is 18.9. The molecule has 5 heteroatoms. The molecular formula is C19H22FN3O. The fourth-order valence-corrected chi connectivity index (χ4v) is 3.18. The van der Waals surface area contributed by atoms with Crippen LogP contribution in [0.2, 0.25) is 0 Å². The lowest BCUT2D eigenvalue weighted by Crippen LogP contribution is -2.18. The van der Waals surface area contributed by atoms with Crippen molar-refractivity contribution in [2.45, 2.75) is 37.8 Å². The Hall–Kier alpha value is -2.01. The molecule has 1 unspecified atom stereocenters. The van der Waals surface area contributed by atoms with Crippen molar-refractivity contribution in [2.24, 2.45) is 5.41 Å². The summed E-state index contributed by atoms with van der Waals surface area (Å²) in [5.74, 6) is 0.691. The molecular weight excluding hydrogens is 305 g/mol. The fraction of sp³-hybridized carbons (Fsp3) is 0.474. The minimum atomic E-state index is -0.323. The number of nitrogens with one attached hydrogen (secondary N) is 1. The summed E-state index contributed by atoms with van der Waals surface area (Å²) in [6, 6.07) is 8.65. The molecule has 24 heavy (non-hydrogen) atoms. The number of methoxy groups -OCH3 is 1. The van der Waals surface area contributed by atoms with Crippen LogP contribution < -0.4 is 5.32 Å². The van der Waals surface area contributed by atoms with Crippen LogP contribution in [0.15, 0.2) is 36.7 Å².